The fraction of sp³-hybridized carbons (Fsp3) is 0.560. The number of hydrogen-bond donors (Lipinski definition) is 1. The van der Waals surface area contributed by atoms with Gasteiger partial charge in [-0.05, 0) is 69.2 Å². The van der Waals surface area contributed by atoms with Crippen LogP contribution >= 0.6 is 0 Å². The van der Waals surface area contributed by atoms with Crippen molar-refractivity contribution in [3.8, 4) is 5.75 Å². The zero-order chi connectivity index (χ0) is 20.6. The van der Waals surface area contributed by atoms with Gasteiger partial charge in [-0.1, -0.05) is 18.2 Å². The Morgan fingerprint density at radius 2 is 1.97 bits per heavy atom. The van der Waals surface area contributed by atoms with Gasteiger partial charge in [0.15, 0.2) is 0 Å². The predicted octanol–water partition coefficient (Wildman–Crippen LogP) is 4.55. The first-order chi connectivity index (χ1) is 14.6. The van der Waals surface area contributed by atoms with Crippen molar-refractivity contribution in [2.24, 2.45) is 0 Å². The van der Waals surface area contributed by atoms with Gasteiger partial charge in [0, 0.05) is 31.5 Å². The number of furan rings is 1. The van der Waals surface area contributed by atoms with Crippen LogP contribution in [0, 0.1) is 6.92 Å². The van der Waals surface area contributed by atoms with E-state index in [0.717, 1.165) is 69.0 Å². The standard InChI is InChI=1S/C25H32N2O3/c1-18-9-10-21(29-18)17-27-13-11-25(12-14-27)16-19(15-24(28)26-20-5-4-6-20)22-7-2-3-8-23(22)30-25/h2-3,7-10,19-20H,4-6,11-17H2,1H3,(H,26,28). The number of likely N-dealkylation sites (tertiary alicyclic amines) is 1. The summed E-state index contributed by atoms with van der Waals surface area (Å²) in [7, 11) is 0. The van der Waals surface area contributed by atoms with E-state index in [4.69, 9.17) is 9.15 Å². The second-order valence-corrected chi connectivity index (χ2v) is 9.41. The fourth-order valence-corrected chi connectivity index (χ4v) is 5.21. The van der Waals surface area contributed by atoms with Crippen molar-refractivity contribution in [3.63, 3.8) is 0 Å². The summed E-state index contributed by atoms with van der Waals surface area (Å²) in [5, 5.41) is 3.22. The zero-order valence-electron chi connectivity index (χ0n) is 17.9. The average Bonchev–Trinajstić information content (AvgIpc) is 3.11. The number of carbonyl (C=O) groups is 1. The number of rotatable bonds is 5. The molecule has 1 unspecified atom stereocenters. The van der Waals surface area contributed by atoms with Gasteiger partial charge in [-0.2, -0.15) is 0 Å². The molecule has 0 radical (unpaired) electrons. The average molecular weight is 409 g/mol. The molecule has 2 aliphatic heterocycles. The highest BCUT2D eigenvalue weighted by Crippen LogP contribution is 2.46. The molecule has 1 aliphatic carbocycles. The highest BCUT2D eigenvalue weighted by Gasteiger charge is 2.43. The molecule has 2 fully saturated rings. The number of hydrogen-bond acceptors (Lipinski definition) is 4. The van der Waals surface area contributed by atoms with Gasteiger partial charge in [0.25, 0.3) is 0 Å². The third kappa shape index (κ3) is 4.13. The number of nitrogens with one attached hydrogen (secondary N) is 1. The van der Waals surface area contributed by atoms with Crippen LogP contribution in [0.25, 0.3) is 0 Å². The molecule has 1 N–H and O–H groups in total. The molecule has 30 heavy (non-hydrogen) atoms. The quantitative estimate of drug-likeness (QED) is 0.789. The van der Waals surface area contributed by atoms with Crippen LogP contribution in [0.4, 0.5) is 0 Å². The molecule has 1 aromatic heterocycles. The molecule has 3 heterocycles. The molecule has 1 saturated carbocycles. The second-order valence-electron chi connectivity index (χ2n) is 9.41. The van der Waals surface area contributed by atoms with Gasteiger partial charge in [0.1, 0.15) is 22.9 Å². The minimum Gasteiger partial charge on any atom is -0.487 e. The maximum atomic E-state index is 12.7. The van der Waals surface area contributed by atoms with Crippen molar-refractivity contribution >= 4 is 5.91 Å². The van der Waals surface area contributed by atoms with E-state index < -0.39 is 0 Å². The summed E-state index contributed by atoms with van der Waals surface area (Å²) in [5.74, 6) is 3.40. The van der Waals surface area contributed by atoms with Crippen LogP contribution in [0.3, 0.4) is 0 Å². The van der Waals surface area contributed by atoms with E-state index >= 15 is 0 Å². The van der Waals surface area contributed by atoms with E-state index in [2.05, 4.69) is 34.5 Å². The Labute approximate surface area is 178 Å². The van der Waals surface area contributed by atoms with Crippen molar-refractivity contribution in [1.29, 1.82) is 0 Å². The van der Waals surface area contributed by atoms with Gasteiger partial charge in [-0.3, -0.25) is 9.69 Å². The van der Waals surface area contributed by atoms with E-state index in [-0.39, 0.29) is 17.4 Å². The molecule has 5 rings (SSSR count). The topological polar surface area (TPSA) is 54.7 Å². The molecule has 2 aromatic rings. The van der Waals surface area contributed by atoms with Crippen LogP contribution in [0.2, 0.25) is 0 Å². The first-order valence-electron chi connectivity index (χ1n) is 11.4. The van der Waals surface area contributed by atoms with Crippen LogP contribution in [0.15, 0.2) is 40.8 Å². The smallest absolute Gasteiger partial charge is 0.220 e. The Bertz CT molecular complexity index is 893. The lowest BCUT2D eigenvalue weighted by Crippen LogP contribution is -2.50. The number of benzene rings is 1. The summed E-state index contributed by atoms with van der Waals surface area (Å²) in [5.41, 5.74) is 1.03. The van der Waals surface area contributed by atoms with E-state index in [0.29, 0.717) is 12.5 Å². The molecule has 1 atom stereocenters. The van der Waals surface area contributed by atoms with E-state index in [9.17, 15) is 4.79 Å². The molecule has 3 aliphatic rings. The van der Waals surface area contributed by atoms with E-state index in [1.165, 1.54) is 12.0 Å². The maximum absolute atomic E-state index is 12.7. The summed E-state index contributed by atoms with van der Waals surface area (Å²) in [6.45, 7) is 4.82. The first-order valence-corrected chi connectivity index (χ1v) is 11.4. The minimum atomic E-state index is -0.161. The van der Waals surface area contributed by atoms with Crippen LogP contribution in [0.5, 0.6) is 5.75 Å². The lowest BCUT2D eigenvalue weighted by atomic mass is 9.76. The maximum Gasteiger partial charge on any atom is 0.220 e. The van der Waals surface area contributed by atoms with Gasteiger partial charge in [-0.25, -0.2) is 0 Å². The van der Waals surface area contributed by atoms with Crippen LogP contribution < -0.4 is 10.1 Å². The largest absolute Gasteiger partial charge is 0.487 e. The number of aryl methyl sites for hydroxylation is 1. The van der Waals surface area contributed by atoms with Crippen molar-refractivity contribution in [3.05, 3.63) is 53.5 Å². The Balaban J connectivity index is 1.26. The minimum absolute atomic E-state index is 0.161. The van der Waals surface area contributed by atoms with Crippen LogP contribution in [0.1, 0.15) is 67.9 Å². The number of piperidine rings is 1. The molecular formula is C25H32N2O3. The summed E-state index contributed by atoms with van der Waals surface area (Å²) in [6, 6.07) is 12.8. The van der Waals surface area contributed by atoms with Gasteiger partial charge in [-0.15, -0.1) is 0 Å². The Kier molecular flexibility index (Phi) is 5.32. The van der Waals surface area contributed by atoms with Gasteiger partial charge < -0.3 is 14.5 Å². The van der Waals surface area contributed by atoms with E-state index in [1.807, 2.05) is 19.1 Å². The molecule has 1 aromatic carbocycles. The number of fused-ring (bicyclic) bond motifs is 1. The molecule has 5 heteroatoms. The summed E-state index contributed by atoms with van der Waals surface area (Å²) < 4.78 is 12.4. The number of amides is 1. The highest BCUT2D eigenvalue weighted by atomic mass is 16.5. The normalized spacial score (nSPS) is 23.4. The molecule has 160 valence electrons. The number of ether oxygens (including phenoxy) is 1. The summed E-state index contributed by atoms with van der Waals surface area (Å²) >= 11 is 0. The van der Waals surface area contributed by atoms with Gasteiger partial charge in [0.2, 0.25) is 5.91 Å². The monoisotopic (exact) mass is 408 g/mol. The summed E-state index contributed by atoms with van der Waals surface area (Å²) in [4.78, 5) is 15.1. The second kappa shape index (κ2) is 8.10. The number of para-hydroxylation sites is 1. The van der Waals surface area contributed by atoms with E-state index in [1.54, 1.807) is 0 Å². The Hall–Kier alpha value is -2.27. The van der Waals surface area contributed by atoms with Crippen LogP contribution in [-0.2, 0) is 11.3 Å². The SMILES string of the molecule is Cc1ccc(CN2CCC3(CC2)CC(CC(=O)NC2CCC2)c2ccccc2O3)o1. The zero-order valence-corrected chi connectivity index (χ0v) is 17.9. The molecule has 1 saturated heterocycles. The number of carbonyl (C=O) groups excluding carboxylic acids is 1. The third-order valence-corrected chi connectivity index (χ3v) is 7.15. The molecular weight excluding hydrogens is 376 g/mol. The fourth-order valence-electron chi connectivity index (χ4n) is 5.21. The predicted molar refractivity (Wildman–Crippen MR) is 116 cm³/mol. The van der Waals surface area contributed by atoms with Crippen LogP contribution in [-0.4, -0.2) is 35.5 Å². The van der Waals surface area contributed by atoms with Gasteiger partial charge in [0.05, 0.1) is 6.54 Å². The summed E-state index contributed by atoms with van der Waals surface area (Å²) in [6.07, 6.45) is 6.96. The highest BCUT2D eigenvalue weighted by molar-refractivity contribution is 5.77. The first kappa shape index (κ1) is 19.7. The number of nitrogens with zero attached hydrogens (tertiary/aromatic N) is 1. The van der Waals surface area contributed by atoms with Crippen molar-refractivity contribution in [1.82, 2.24) is 10.2 Å². The molecule has 1 spiro atoms. The molecule has 5 nitrogen and oxygen atoms in total. The molecule has 1 amide bonds. The lowest BCUT2D eigenvalue weighted by Gasteiger charge is -2.47. The Morgan fingerprint density at radius 3 is 2.67 bits per heavy atom. The lowest BCUT2D eigenvalue weighted by molar-refractivity contribution is -0.123. The van der Waals surface area contributed by atoms with Crippen molar-refractivity contribution in [2.45, 2.75) is 76.0 Å². The molecule has 0 bridgehead atoms. The van der Waals surface area contributed by atoms with Gasteiger partial charge >= 0.3 is 0 Å². The van der Waals surface area contributed by atoms with Crippen molar-refractivity contribution < 1.29 is 13.9 Å². The van der Waals surface area contributed by atoms with Crippen molar-refractivity contribution in [2.75, 3.05) is 13.1 Å². The third-order valence-electron chi connectivity index (χ3n) is 7.15. The Morgan fingerprint density at radius 1 is 1.17 bits per heavy atom.